The number of anilines is 2. The number of halogens is 3. The second-order valence-electron chi connectivity index (χ2n) is 5.56. The minimum Gasteiger partial charge on any atom is -0.495 e. The molecular weight excluding hydrogens is 349 g/mol. The number of alkyl halides is 3. The molecule has 0 fully saturated rings. The molecule has 0 radical (unpaired) electrons. The van der Waals surface area contributed by atoms with Crippen molar-refractivity contribution in [2.75, 3.05) is 17.7 Å². The van der Waals surface area contributed by atoms with Crippen molar-refractivity contribution in [3.05, 3.63) is 53.6 Å². The third-order valence-corrected chi connectivity index (χ3v) is 3.42. The Morgan fingerprint density at radius 2 is 1.73 bits per heavy atom. The monoisotopic (exact) mass is 366 g/mol. The van der Waals surface area contributed by atoms with Crippen LogP contribution in [0.2, 0.25) is 0 Å². The molecule has 26 heavy (non-hydrogen) atoms. The Balaban J connectivity index is 2.00. The first-order valence-electron chi connectivity index (χ1n) is 7.60. The molecular formula is C18H17F3N2O3. The number of amides is 2. The van der Waals surface area contributed by atoms with Crippen LogP contribution in [0.1, 0.15) is 17.5 Å². The highest BCUT2D eigenvalue weighted by atomic mass is 19.4. The van der Waals surface area contributed by atoms with Gasteiger partial charge in [0.15, 0.2) is 0 Å². The third-order valence-electron chi connectivity index (χ3n) is 3.42. The van der Waals surface area contributed by atoms with Crippen LogP contribution in [0.3, 0.4) is 0 Å². The molecule has 0 saturated carbocycles. The second-order valence-corrected chi connectivity index (χ2v) is 5.56. The van der Waals surface area contributed by atoms with Crippen molar-refractivity contribution >= 4 is 23.2 Å². The highest BCUT2D eigenvalue weighted by Crippen LogP contribution is 2.30. The predicted octanol–water partition coefficient (Wildman–Crippen LogP) is 3.99. The number of carbonyl (C=O) groups is 2. The molecule has 5 nitrogen and oxygen atoms in total. The van der Waals surface area contributed by atoms with E-state index in [-0.39, 0.29) is 5.69 Å². The summed E-state index contributed by atoms with van der Waals surface area (Å²) in [6, 6.07) is 9.35. The fourth-order valence-electron chi connectivity index (χ4n) is 2.24. The fourth-order valence-corrected chi connectivity index (χ4v) is 2.24. The number of benzene rings is 2. The molecule has 0 aromatic heterocycles. The summed E-state index contributed by atoms with van der Waals surface area (Å²) >= 11 is 0. The average Bonchev–Trinajstić information content (AvgIpc) is 2.54. The van der Waals surface area contributed by atoms with Crippen LogP contribution in [0.4, 0.5) is 24.5 Å². The first kappa shape index (κ1) is 19.3. The Labute approximate surface area is 148 Å². The van der Waals surface area contributed by atoms with Crippen molar-refractivity contribution in [1.82, 2.24) is 0 Å². The topological polar surface area (TPSA) is 67.4 Å². The molecule has 0 aliphatic rings. The Hall–Kier alpha value is -3.03. The SMILES string of the molecule is COc1ccc(C)cc1NC(=O)CC(=O)Nc1cccc(C(F)(F)F)c1. The summed E-state index contributed by atoms with van der Waals surface area (Å²) in [5.41, 5.74) is 0.369. The van der Waals surface area contributed by atoms with Gasteiger partial charge in [0.2, 0.25) is 11.8 Å². The van der Waals surface area contributed by atoms with E-state index in [0.29, 0.717) is 11.4 Å². The summed E-state index contributed by atoms with van der Waals surface area (Å²) in [5.74, 6) is -0.908. The largest absolute Gasteiger partial charge is 0.495 e. The molecule has 0 aliphatic carbocycles. The van der Waals surface area contributed by atoms with E-state index in [1.54, 1.807) is 18.2 Å². The van der Waals surface area contributed by atoms with Gasteiger partial charge in [0.1, 0.15) is 12.2 Å². The number of carbonyl (C=O) groups excluding carboxylic acids is 2. The summed E-state index contributed by atoms with van der Waals surface area (Å²) < 4.78 is 43.1. The van der Waals surface area contributed by atoms with E-state index in [1.807, 2.05) is 6.92 Å². The van der Waals surface area contributed by atoms with Gasteiger partial charge < -0.3 is 15.4 Å². The lowest BCUT2D eigenvalue weighted by molar-refractivity contribution is -0.137. The van der Waals surface area contributed by atoms with E-state index in [9.17, 15) is 22.8 Å². The van der Waals surface area contributed by atoms with E-state index >= 15 is 0 Å². The molecule has 0 heterocycles. The van der Waals surface area contributed by atoms with Crippen molar-refractivity contribution in [1.29, 1.82) is 0 Å². The van der Waals surface area contributed by atoms with Gasteiger partial charge in [0, 0.05) is 5.69 Å². The molecule has 0 spiro atoms. The first-order chi connectivity index (χ1) is 12.2. The quantitative estimate of drug-likeness (QED) is 0.787. The van der Waals surface area contributed by atoms with Crippen LogP contribution in [-0.2, 0) is 15.8 Å². The summed E-state index contributed by atoms with van der Waals surface area (Å²) in [4.78, 5) is 23.9. The number of hydrogen-bond donors (Lipinski definition) is 2. The van der Waals surface area contributed by atoms with Gasteiger partial charge in [0.05, 0.1) is 18.4 Å². The van der Waals surface area contributed by atoms with Gasteiger partial charge in [-0.2, -0.15) is 13.2 Å². The van der Waals surface area contributed by atoms with Crippen LogP contribution >= 0.6 is 0 Å². The normalized spacial score (nSPS) is 11.0. The van der Waals surface area contributed by atoms with E-state index in [0.717, 1.165) is 17.7 Å². The third kappa shape index (κ3) is 5.23. The molecule has 0 atom stereocenters. The van der Waals surface area contributed by atoms with Crippen LogP contribution in [0, 0.1) is 6.92 Å². The molecule has 138 valence electrons. The Kier molecular flexibility index (Phi) is 5.86. The summed E-state index contributed by atoms with van der Waals surface area (Å²) in [5, 5.41) is 4.83. The van der Waals surface area contributed by atoms with Crippen molar-refractivity contribution in [2.24, 2.45) is 0 Å². The van der Waals surface area contributed by atoms with Gasteiger partial charge >= 0.3 is 6.18 Å². The van der Waals surface area contributed by atoms with Crippen LogP contribution in [0.25, 0.3) is 0 Å². The lowest BCUT2D eigenvalue weighted by Crippen LogP contribution is -2.22. The summed E-state index contributed by atoms with van der Waals surface area (Å²) in [6.07, 6.45) is -5.06. The smallest absolute Gasteiger partial charge is 0.416 e. The fraction of sp³-hybridized carbons (Fsp3) is 0.222. The van der Waals surface area contributed by atoms with Crippen LogP contribution < -0.4 is 15.4 Å². The molecule has 2 aromatic rings. The number of nitrogens with one attached hydrogen (secondary N) is 2. The zero-order valence-corrected chi connectivity index (χ0v) is 14.1. The van der Waals surface area contributed by atoms with Gasteiger partial charge in [-0.25, -0.2) is 0 Å². The molecule has 0 unspecified atom stereocenters. The lowest BCUT2D eigenvalue weighted by atomic mass is 10.2. The van der Waals surface area contributed by atoms with E-state index in [2.05, 4.69) is 10.6 Å². The van der Waals surface area contributed by atoms with Crippen molar-refractivity contribution in [2.45, 2.75) is 19.5 Å². The number of hydrogen-bond acceptors (Lipinski definition) is 3. The highest BCUT2D eigenvalue weighted by molar-refractivity contribution is 6.08. The van der Waals surface area contributed by atoms with E-state index in [4.69, 9.17) is 4.74 Å². The predicted molar refractivity (Wildman–Crippen MR) is 91.1 cm³/mol. The van der Waals surface area contributed by atoms with Crippen LogP contribution in [0.15, 0.2) is 42.5 Å². The second kappa shape index (κ2) is 7.90. The maximum Gasteiger partial charge on any atom is 0.416 e. The van der Waals surface area contributed by atoms with Gasteiger partial charge in [-0.1, -0.05) is 12.1 Å². The molecule has 2 rings (SSSR count). The van der Waals surface area contributed by atoms with Gasteiger partial charge in [-0.15, -0.1) is 0 Å². The lowest BCUT2D eigenvalue weighted by Gasteiger charge is -2.12. The zero-order valence-electron chi connectivity index (χ0n) is 14.1. The highest BCUT2D eigenvalue weighted by Gasteiger charge is 2.30. The Bertz CT molecular complexity index is 820. The van der Waals surface area contributed by atoms with Crippen LogP contribution in [-0.4, -0.2) is 18.9 Å². The molecule has 2 amide bonds. The molecule has 0 bridgehead atoms. The van der Waals surface area contributed by atoms with Crippen molar-refractivity contribution in [3.8, 4) is 5.75 Å². The van der Waals surface area contributed by atoms with Crippen molar-refractivity contribution < 1.29 is 27.5 Å². The minimum atomic E-state index is -4.51. The first-order valence-corrected chi connectivity index (χ1v) is 7.60. The van der Waals surface area contributed by atoms with Gasteiger partial charge in [-0.05, 0) is 42.8 Å². The maximum atomic E-state index is 12.7. The number of methoxy groups -OCH3 is 1. The summed E-state index contributed by atoms with van der Waals surface area (Å²) in [6.45, 7) is 1.83. The molecule has 0 aliphatic heterocycles. The maximum absolute atomic E-state index is 12.7. The van der Waals surface area contributed by atoms with E-state index < -0.39 is 30.0 Å². The summed E-state index contributed by atoms with van der Waals surface area (Å²) in [7, 11) is 1.45. The number of aryl methyl sites for hydroxylation is 1. The van der Waals surface area contributed by atoms with Gasteiger partial charge in [-0.3, -0.25) is 9.59 Å². The Morgan fingerprint density at radius 1 is 1.04 bits per heavy atom. The van der Waals surface area contributed by atoms with E-state index in [1.165, 1.54) is 19.2 Å². The molecule has 0 saturated heterocycles. The standard InChI is InChI=1S/C18H17F3N2O3/c1-11-6-7-15(26-2)14(8-11)23-17(25)10-16(24)22-13-5-3-4-12(9-13)18(19,20)21/h3-9H,10H2,1-2H3,(H,22,24)(H,23,25). The number of ether oxygens (including phenoxy) is 1. The van der Waals surface area contributed by atoms with Crippen LogP contribution in [0.5, 0.6) is 5.75 Å². The zero-order chi connectivity index (χ0) is 19.3. The molecule has 2 N–H and O–H groups in total. The number of rotatable bonds is 5. The Morgan fingerprint density at radius 3 is 2.38 bits per heavy atom. The van der Waals surface area contributed by atoms with Crippen molar-refractivity contribution in [3.63, 3.8) is 0 Å². The molecule has 2 aromatic carbocycles. The average molecular weight is 366 g/mol. The minimum absolute atomic E-state index is 0.0363. The van der Waals surface area contributed by atoms with Gasteiger partial charge in [0.25, 0.3) is 0 Å². The molecule has 8 heteroatoms.